The van der Waals surface area contributed by atoms with Crippen molar-refractivity contribution >= 4 is 11.8 Å². The van der Waals surface area contributed by atoms with Gasteiger partial charge in [-0.05, 0) is 44.2 Å². The Labute approximate surface area is 117 Å². The molecule has 1 N–H and O–H groups in total. The third-order valence-electron chi connectivity index (χ3n) is 3.33. The third-order valence-corrected chi connectivity index (χ3v) is 4.47. The van der Waals surface area contributed by atoms with Gasteiger partial charge in [0.15, 0.2) is 0 Å². The zero-order valence-corrected chi connectivity index (χ0v) is 13.1. The Hall–Kier alpha value is -0.470. The van der Waals surface area contributed by atoms with Crippen molar-refractivity contribution in [3.63, 3.8) is 0 Å². The number of rotatable bonds is 8. The average Bonchev–Trinajstić information content (AvgIpc) is 2.35. The van der Waals surface area contributed by atoms with Crippen LogP contribution in [0.25, 0.3) is 0 Å². The van der Waals surface area contributed by atoms with Crippen LogP contribution in [0.5, 0.6) is 0 Å². The standard InChI is InChI=1S/C16H27NS/c1-5-6-7-10-18-12-16(17-4)15-9-8-13(2)11-14(15)3/h8-9,11,16-17H,5-7,10,12H2,1-4H3. The molecule has 0 aliphatic rings. The van der Waals surface area contributed by atoms with Crippen LogP contribution in [0.2, 0.25) is 0 Å². The molecule has 1 nitrogen and oxygen atoms in total. The van der Waals surface area contributed by atoms with Crippen molar-refractivity contribution in [3.05, 3.63) is 34.9 Å². The van der Waals surface area contributed by atoms with Crippen LogP contribution in [-0.2, 0) is 0 Å². The van der Waals surface area contributed by atoms with E-state index in [2.05, 4.69) is 63.1 Å². The minimum Gasteiger partial charge on any atom is -0.312 e. The van der Waals surface area contributed by atoms with E-state index in [4.69, 9.17) is 0 Å². The predicted molar refractivity (Wildman–Crippen MR) is 84.6 cm³/mol. The lowest BCUT2D eigenvalue weighted by Gasteiger charge is -2.19. The van der Waals surface area contributed by atoms with Gasteiger partial charge in [-0.2, -0.15) is 11.8 Å². The van der Waals surface area contributed by atoms with Gasteiger partial charge >= 0.3 is 0 Å². The van der Waals surface area contributed by atoms with Crippen LogP contribution < -0.4 is 5.32 Å². The number of benzene rings is 1. The highest BCUT2D eigenvalue weighted by atomic mass is 32.2. The maximum atomic E-state index is 3.45. The summed E-state index contributed by atoms with van der Waals surface area (Å²) in [6.07, 6.45) is 4.03. The normalized spacial score (nSPS) is 12.7. The molecule has 0 aromatic heterocycles. The largest absolute Gasteiger partial charge is 0.312 e. The van der Waals surface area contributed by atoms with Crippen molar-refractivity contribution in [1.29, 1.82) is 0 Å². The SMILES string of the molecule is CCCCCSCC(NC)c1ccc(C)cc1C. The number of nitrogens with one attached hydrogen (secondary N) is 1. The summed E-state index contributed by atoms with van der Waals surface area (Å²) < 4.78 is 0. The Bertz CT molecular complexity index is 349. The maximum absolute atomic E-state index is 3.45. The molecule has 1 aromatic carbocycles. The quantitative estimate of drug-likeness (QED) is 0.695. The summed E-state index contributed by atoms with van der Waals surface area (Å²) in [4.78, 5) is 0. The molecular weight excluding hydrogens is 238 g/mol. The van der Waals surface area contributed by atoms with Gasteiger partial charge in [0, 0.05) is 11.8 Å². The van der Waals surface area contributed by atoms with Crippen molar-refractivity contribution in [1.82, 2.24) is 5.32 Å². The zero-order valence-electron chi connectivity index (χ0n) is 12.3. The van der Waals surface area contributed by atoms with E-state index in [0.29, 0.717) is 6.04 Å². The van der Waals surface area contributed by atoms with Crippen LogP contribution >= 0.6 is 11.8 Å². The first-order valence-corrected chi connectivity index (χ1v) is 8.16. The van der Waals surface area contributed by atoms with Gasteiger partial charge in [-0.3, -0.25) is 0 Å². The van der Waals surface area contributed by atoms with Gasteiger partial charge in [-0.15, -0.1) is 0 Å². The fourth-order valence-electron chi connectivity index (χ4n) is 2.20. The van der Waals surface area contributed by atoms with Crippen molar-refractivity contribution in [2.75, 3.05) is 18.6 Å². The van der Waals surface area contributed by atoms with Crippen molar-refractivity contribution < 1.29 is 0 Å². The third kappa shape index (κ3) is 5.03. The Morgan fingerprint density at radius 1 is 1.22 bits per heavy atom. The fraction of sp³-hybridized carbons (Fsp3) is 0.625. The lowest BCUT2D eigenvalue weighted by atomic mass is 10.0. The van der Waals surface area contributed by atoms with E-state index < -0.39 is 0 Å². The van der Waals surface area contributed by atoms with Crippen LogP contribution in [0.15, 0.2) is 18.2 Å². The van der Waals surface area contributed by atoms with Gasteiger partial charge in [0.05, 0.1) is 0 Å². The van der Waals surface area contributed by atoms with Gasteiger partial charge in [-0.25, -0.2) is 0 Å². The molecule has 0 bridgehead atoms. The topological polar surface area (TPSA) is 12.0 Å². The Morgan fingerprint density at radius 3 is 2.61 bits per heavy atom. The van der Waals surface area contributed by atoms with Crippen LogP contribution in [-0.4, -0.2) is 18.6 Å². The molecule has 1 rings (SSSR count). The smallest absolute Gasteiger partial charge is 0.0412 e. The van der Waals surface area contributed by atoms with Crippen LogP contribution in [0.1, 0.15) is 48.9 Å². The molecule has 0 aliphatic heterocycles. The highest BCUT2D eigenvalue weighted by molar-refractivity contribution is 7.99. The maximum Gasteiger partial charge on any atom is 0.0412 e. The summed E-state index contributed by atoms with van der Waals surface area (Å²) in [5.41, 5.74) is 4.20. The summed E-state index contributed by atoms with van der Waals surface area (Å²) in [5, 5.41) is 3.45. The van der Waals surface area contributed by atoms with E-state index in [1.54, 1.807) is 0 Å². The van der Waals surface area contributed by atoms with Crippen molar-refractivity contribution in [2.24, 2.45) is 0 Å². The summed E-state index contributed by atoms with van der Waals surface area (Å²) in [6.45, 7) is 6.63. The predicted octanol–water partition coefficient (Wildman–Crippen LogP) is 4.49. The van der Waals surface area contributed by atoms with Gasteiger partial charge < -0.3 is 5.32 Å². The molecular formula is C16H27NS. The Kier molecular flexibility index (Phi) is 7.45. The number of aryl methyl sites for hydroxylation is 2. The minimum absolute atomic E-state index is 0.484. The molecule has 0 aliphatic carbocycles. The summed E-state index contributed by atoms with van der Waals surface area (Å²) in [5.74, 6) is 2.46. The summed E-state index contributed by atoms with van der Waals surface area (Å²) in [7, 11) is 2.07. The fourth-order valence-corrected chi connectivity index (χ4v) is 3.36. The zero-order chi connectivity index (χ0) is 13.4. The second-order valence-corrected chi connectivity index (χ2v) is 6.13. The first-order chi connectivity index (χ1) is 8.69. The first-order valence-electron chi connectivity index (χ1n) is 7.01. The number of hydrogen-bond donors (Lipinski definition) is 1. The summed E-state index contributed by atoms with van der Waals surface area (Å²) >= 11 is 2.07. The molecule has 2 heteroatoms. The molecule has 1 aromatic rings. The Morgan fingerprint density at radius 2 is 2.00 bits per heavy atom. The lowest BCUT2D eigenvalue weighted by molar-refractivity contribution is 0.657. The van der Waals surface area contributed by atoms with Crippen molar-refractivity contribution in [3.8, 4) is 0 Å². The monoisotopic (exact) mass is 265 g/mol. The van der Waals surface area contributed by atoms with E-state index in [1.807, 2.05) is 0 Å². The van der Waals surface area contributed by atoms with E-state index in [-0.39, 0.29) is 0 Å². The lowest BCUT2D eigenvalue weighted by Crippen LogP contribution is -2.20. The van der Waals surface area contributed by atoms with Gasteiger partial charge in [-0.1, -0.05) is 43.5 Å². The molecule has 0 heterocycles. The van der Waals surface area contributed by atoms with E-state index >= 15 is 0 Å². The second-order valence-electron chi connectivity index (χ2n) is 4.98. The molecule has 18 heavy (non-hydrogen) atoms. The first kappa shape index (κ1) is 15.6. The number of thioether (sulfide) groups is 1. The molecule has 0 saturated heterocycles. The second kappa shape index (κ2) is 8.60. The molecule has 0 amide bonds. The van der Waals surface area contributed by atoms with E-state index in [0.717, 1.165) is 0 Å². The van der Waals surface area contributed by atoms with E-state index in [9.17, 15) is 0 Å². The molecule has 0 fully saturated rings. The van der Waals surface area contributed by atoms with Crippen molar-refractivity contribution in [2.45, 2.75) is 46.1 Å². The average molecular weight is 265 g/mol. The van der Waals surface area contributed by atoms with E-state index in [1.165, 1.54) is 47.5 Å². The number of hydrogen-bond acceptors (Lipinski definition) is 2. The molecule has 1 atom stereocenters. The molecule has 102 valence electrons. The van der Waals surface area contributed by atoms with Gasteiger partial charge in [0.1, 0.15) is 0 Å². The molecule has 0 saturated carbocycles. The minimum atomic E-state index is 0.484. The molecule has 1 unspecified atom stereocenters. The number of unbranched alkanes of at least 4 members (excludes halogenated alkanes) is 2. The van der Waals surface area contributed by atoms with Crippen LogP contribution in [0, 0.1) is 13.8 Å². The highest BCUT2D eigenvalue weighted by Gasteiger charge is 2.11. The summed E-state index contributed by atoms with van der Waals surface area (Å²) in [6, 6.07) is 7.26. The van der Waals surface area contributed by atoms with Gasteiger partial charge in [0.25, 0.3) is 0 Å². The van der Waals surface area contributed by atoms with Crippen LogP contribution in [0.3, 0.4) is 0 Å². The van der Waals surface area contributed by atoms with Gasteiger partial charge in [0.2, 0.25) is 0 Å². The molecule has 0 radical (unpaired) electrons. The molecule has 0 spiro atoms. The van der Waals surface area contributed by atoms with Crippen LogP contribution in [0.4, 0.5) is 0 Å². The Balaban J connectivity index is 2.49. The highest BCUT2D eigenvalue weighted by Crippen LogP contribution is 2.23.